The number of nitrogens with zero attached hydrogens (tertiary/aromatic N) is 2. The number of aryl methyl sites for hydroxylation is 2. The Morgan fingerprint density at radius 1 is 0.822 bits per heavy atom. The summed E-state index contributed by atoms with van der Waals surface area (Å²) < 4.78 is 29.5. The number of benzene rings is 4. The number of carbonyl (C=O) groups excluding carboxylic acids is 2. The van der Waals surface area contributed by atoms with Crippen molar-refractivity contribution in [3.05, 3.63) is 128 Å². The van der Waals surface area contributed by atoms with Crippen molar-refractivity contribution in [2.75, 3.05) is 17.4 Å². The van der Waals surface area contributed by atoms with Gasteiger partial charge in [-0.2, -0.15) is 0 Å². The van der Waals surface area contributed by atoms with Gasteiger partial charge in [-0.25, -0.2) is 8.42 Å². The van der Waals surface area contributed by atoms with E-state index in [1.807, 2.05) is 37.3 Å². The van der Waals surface area contributed by atoms with Crippen LogP contribution in [0, 0.1) is 13.8 Å². The van der Waals surface area contributed by atoms with E-state index >= 15 is 0 Å². The maximum atomic E-state index is 14.5. The Kier molecular flexibility index (Phi) is 11.6. The van der Waals surface area contributed by atoms with Crippen LogP contribution in [-0.2, 0) is 32.6 Å². The standard InChI is InChI=1S/C34H34Cl3N3O4S/c1-4-38-34(42)32(19-25-8-6-5-7-9-25)39(21-26-13-17-29(36)30(37)18-26)33(41)22-40(31-20-27(35)14-12-24(31)3)45(43,44)28-15-10-23(2)11-16-28/h5-18,20,32H,4,19,21-22H2,1-3H3,(H,38,42)/t32-/m1/s1. The highest BCUT2D eigenvalue weighted by molar-refractivity contribution is 7.92. The van der Waals surface area contributed by atoms with E-state index in [1.54, 1.807) is 56.3 Å². The van der Waals surface area contributed by atoms with Crippen LogP contribution < -0.4 is 9.62 Å². The summed E-state index contributed by atoms with van der Waals surface area (Å²) in [7, 11) is -4.25. The molecule has 0 bridgehead atoms. The van der Waals surface area contributed by atoms with Crippen LogP contribution in [0.2, 0.25) is 15.1 Å². The summed E-state index contributed by atoms with van der Waals surface area (Å²) in [6.45, 7) is 5.11. The molecule has 0 aliphatic carbocycles. The average molecular weight is 687 g/mol. The Bertz CT molecular complexity index is 1770. The molecule has 0 fully saturated rings. The van der Waals surface area contributed by atoms with E-state index in [9.17, 15) is 18.0 Å². The second kappa shape index (κ2) is 15.1. The molecule has 4 aromatic rings. The first-order valence-electron chi connectivity index (χ1n) is 14.3. The summed E-state index contributed by atoms with van der Waals surface area (Å²) in [6, 6.07) is 24.6. The van der Waals surface area contributed by atoms with E-state index in [-0.39, 0.29) is 34.5 Å². The van der Waals surface area contributed by atoms with E-state index in [1.165, 1.54) is 23.1 Å². The van der Waals surface area contributed by atoms with Crippen LogP contribution in [0.1, 0.15) is 29.2 Å². The molecule has 0 heterocycles. The van der Waals surface area contributed by atoms with E-state index in [4.69, 9.17) is 34.8 Å². The molecule has 236 valence electrons. The van der Waals surface area contributed by atoms with Gasteiger partial charge in [0.25, 0.3) is 10.0 Å². The number of nitrogens with one attached hydrogen (secondary N) is 1. The summed E-state index contributed by atoms with van der Waals surface area (Å²) in [5.41, 5.74) is 3.18. The molecule has 1 atom stereocenters. The first-order chi connectivity index (χ1) is 21.4. The van der Waals surface area contributed by atoms with Crippen LogP contribution in [0.3, 0.4) is 0 Å². The lowest BCUT2D eigenvalue weighted by Crippen LogP contribution is -2.53. The molecule has 0 saturated carbocycles. The zero-order valence-corrected chi connectivity index (χ0v) is 28.2. The molecular weight excluding hydrogens is 653 g/mol. The van der Waals surface area contributed by atoms with Crippen LogP contribution in [0.4, 0.5) is 5.69 Å². The zero-order valence-electron chi connectivity index (χ0n) is 25.1. The van der Waals surface area contributed by atoms with Crippen molar-refractivity contribution in [2.45, 2.75) is 44.7 Å². The Hall–Kier alpha value is -3.56. The molecule has 4 aromatic carbocycles. The van der Waals surface area contributed by atoms with E-state index in [0.717, 1.165) is 15.4 Å². The first kappa shape index (κ1) is 34.3. The molecule has 0 unspecified atom stereocenters. The molecule has 0 aliphatic rings. The van der Waals surface area contributed by atoms with Gasteiger partial charge in [-0.15, -0.1) is 0 Å². The van der Waals surface area contributed by atoms with Crippen molar-refractivity contribution < 1.29 is 18.0 Å². The van der Waals surface area contributed by atoms with Crippen molar-refractivity contribution in [1.82, 2.24) is 10.2 Å². The number of amides is 2. The van der Waals surface area contributed by atoms with Gasteiger partial charge >= 0.3 is 0 Å². The number of rotatable bonds is 12. The number of hydrogen-bond acceptors (Lipinski definition) is 4. The highest BCUT2D eigenvalue weighted by Crippen LogP contribution is 2.31. The maximum Gasteiger partial charge on any atom is 0.264 e. The molecule has 7 nitrogen and oxygen atoms in total. The number of hydrogen-bond donors (Lipinski definition) is 1. The topological polar surface area (TPSA) is 86.8 Å². The maximum absolute atomic E-state index is 14.5. The van der Waals surface area contributed by atoms with Crippen LogP contribution >= 0.6 is 34.8 Å². The second-order valence-electron chi connectivity index (χ2n) is 10.6. The van der Waals surface area contributed by atoms with Crippen molar-refractivity contribution in [3.63, 3.8) is 0 Å². The van der Waals surface area contributed by atoms with Gasteiger partial charge in [0.1, 0.15) is 12.6 Å². The highest BCUT2D eigenvalue weighted by atomic mass is 35.5. The molecule has 4 rings (SSSR count). The molecule has 0 radical (unpaired) electrons. The lowest BCUT2D eigenvalue weighted by molar-refractivity contribution is -0.140. The van der Waals surface area contributed by atoms with E-state index in [2.05, 4.69) is 5.32 Å². The summed E-state index contributed by atoms with van der Waals surface area (Å²) in [4.78, 5) is 29.5. The summed E-state index contributed by atoms with van der Waals surface area (Å²) in [5.74, 6) is -0.968. The van der Waals surface area contributed by atoms with Crippen molar-refractivity contribution >= 4 is 62.3 Å². The lowest BCUT2D eigenvalue weighted by Gasteiger charge is -2.34. The van der Waals surface area contributed by atoms with Crippen molar-refractivity contribution in [3.8, 4) is 0 Å². The van der Waals surface area contributed by atoms with E-state index < -0.39 is 28.5 Å². The quantitative estimate of drug-likeness (QED) is 0.170. The predicted molar refractivity (Wildman–Crippen MR) is 182 cm³/mol. The Balaban J connectivity index is 1.84. The Labute approximate surface area is 279 Å². The van der Waals surface area contributed by atoms with Gasteiger partial charge in [0, 0.05) is 24.5 Å². The fraction of sp³-hybridized carbons (Fsp3) is 0.235. The fourth-order valence-corrected chi connectivity index (χ4v) is 6.84. The van der Waals surface area contributed by atoms with Crippen LogP contribution in [0.15, 0.2) is 95.9 Å². The number of halogens is 3. The summed E-state index contributed by atoms with van der Waals surface area (Å²) >= 11 is 18.8. The third kappa shape index (κ3) is 8.58. The molecule has 0 saturated heterocycles. The number of anilines is 1. The van der Waals surface area contributed by atoms with Gasteiger partial charge < -0.3 is 10.2 Å². The number of likely N-dealkylation sites (N-methyl/N-ethyl adjacent to an activating group) is 1. The zero-order chi connectivity index (χ0) is 32.7. The molecule has 0 aliphatic heterocycles. The van der Waals surface area contributed by atoms with Crippen LogP contribution in [-0.4, -0.2) is 44.3 Å². The summed E-state index contributed by atoms with van der Waals surface area (Å²) in [6.07, 6.45) is 0.195. The number of carbonyl (C=O) groups is 2. The minimum absolute atomic E-state index is 0.0147. The third-order valence-electron chi connectivity index (χ3n) is 7.29. The largest absolute Gasteiger partial charge is 0.355 e. The van der Waals surface area contributed by atoms with Gasteiger partial charge in [-0.05, 0) is 73.9 Å². The molecule has 0 aromatic heterocycles. The van der Waals surface area contributed by atoms with Crippen LogP contribution in [0.25, 0.3) is 0 Å². The van der Waals surface area contributed by atoms with E-state index in [0.29, 0.717) is 27.7 Å². The Morgan fingerprint density at radius 3 is 2.16 bits per heavy atom. The normalized spacial score (nSPS) is 12.0. The smallest absolute Gasteiger partial charge is 0.264 e. The lowest BCUT2D eigenvalue weighted by atomic mass is 10.0. The van der Waals surface area contributed by atoms with Gasteiger partial charge in [0.2, 0.25) is 11.8 Å². The first-order valence-corrected chi connectivity index (χ1v) is 16.9. The van der Waals surface area contributed by atoms with Gasteiger partial charge in [0.05, 0.1) is 20.6 Å². The monoisotopic (exact) mass is 685 g/mol. The SMILES string of the molecule is CCNC(=O)[C@@H](Cc1ccccc1)N(Cc1ccc(Cl)c(Cl)c1)C(=O)CN(c1cc(Cl)ccc1C)S(=O)(=O)c1ccc(C)cc1. The van der Waals surface area contributed by atoms with Crippen molar-refractivity contribution in [2.24, 2.45) is 0 Å². The van der Waals surface area contributed by atoms with Gasteiger partial charge in [-0.3, -0.25) is 13.9 Å². The molecule has 11 heteroatoms. The predicted octanol–water partition coefficient (Wildman–Crippen LogP) is 7.24. The Morgan fingerprint density at radius 2 is 1.51 bits per heavy atom. The molecular formula is C34H34Cl3N3O4S. The van der Waals surface area contributed by atoms with Crippen molar-refractivity contribution in [1.29, 1.82) is 0 Å². The molecule has 0 spiro atoms. The molecule has 45 heavy (non-hydrogen) atoms. The minimum atomic E-state index is -4.25. The highest BCUT2D eigenvalue weighted by Gasteiger charge is 2.35. The fourth-order valence-electron chi connectivity index (χ4n) is 4.88. The third-order valence-corrected chi connectivity index (χ3v) is 10.0. The molecule has 1 N–H and O–H groups in total. The van der Waals surface area contributed by atoms with Crippen LogP contribution in [0.5, 0.6) is 0 Å². The van der Waals surface area contributed by atoms with Gasteiger partial charge in [0.15, 0.2) is 0 Å². The molecule has 2 amide bonds. The van der Waals surface area contributed by atoms with Gasteiger partial charge in [-0.1, -0.05) is 95.0 Å². The summed E-state index contributed by atoms with van der Waals surface area (Å²) in [5, 5.41) is 3.78. The minimum Gasteiger partial charge on any atom is -0.355 e. The second-order valence-corrected chi connectivity index (χ2v) is 13.7. The number of sulfonamides is 1. The average Bonchev–Trinajstić information content (AvgIpc) is 3.01.